The first-order valence-corrected chi connectivity index (χ1v) is 18.0. The van der Waals surface area contributed by atoms with Crippen molar-refractivity contribution < 1.29 is 29.0 Å². The van der Waals surface area contributed by atoms with Gasteiger partial charge in [-0.25, -0.2) is 4.79 Å². The van der Waals surface area contributed by atoms with Gasteiger partial charge >= 0.3 is 6.03 Å². The van der Waals surface area contributed by atoms with Crippen molar-refractivity contribution in [2.75, 3.05) is 38.2 Å². The lowest BCUT2D eigenvalue weighted by Gasteiger charge is -2.38. The number of nitrogens with zero attached hydrogens (tertiary/aromatic N) is 5. The molecule has 54 heavy (non-hydrogen) atoms. The Balaban J connectivity index is 1.17. The van der Waals surface area contributed by atoms with Crippen molar-refractivity contribution in [2.24, 2.45) is 0 Å². The Morgan fingerprint density at radius 2 is 1.78 bits per heavy atom. The molecule has 3 N–H and O–H groups in total. The van der Waals surface area contributed by atoms with Crippen LogP contribution in [0.3, 0.4) is 0 Å². The molecule has 2 aliphatic heterocycles. The van der Waals surface area contributed by atoms with E-state index in [1.165, 1.54) is 11.0 Å². The van der Waals surface area contributed by atoms with E-state index in [9.17, 15) is 19.5 Å². The smallest absolute Gasteiger partial charge is 0.318 e. The lowest BCUT2D eigenvalue weighted by Crippen LogP contribution is -2.58. The highest BCUT2D eigenvalue weighted by Gasteiger charge is 2.38. The van der Waals surface area contributed by atoms with Crippen LogP contribution in [0.4, 0.5) is 10.5 Å². The number of aromatic hydroxyl groups is 1. The van der Waals surface area contributed by atoms with Gasteiger partial charge in [-0.3, -0.25) is 14.3 Å². The average Bonchev–Trinajstić information content (AvgIpc) is 3.59. The molecule has 4 aromatic rings. The number of amides is 4. The summed E-state index contributed by atoms with van der Waals surface area (Å²) in [5.41, 5.74) is 3.10. The van der Waals surface area contributed by atoms with Crippen LogP contribution < -0.4 is 10.6 Å². The van der Waals surface area contributed by atoms with Gasteiger partial charge in [0.05, 0.1) is 50.0 Å². The van der Waals surface area contributed by atoms with E-state index in [1.54, 1.807) is 76.4 Å². The zero-order valence-electron chi connectivity index (χ0n) is 29.9. The van der Waals surface area contributed by atoms with E-state index < -0.39 is 23.9 Å². The molecule has 278 valence electrons. The minimum absolute atomic E-state index is 0.00522. The number of benzene rings is 3. The highest BCUT2D eigenvalue weighted by molar-refractivity contribution is 6.31. The molecule has 6 rings (SSSR count). The Hall–Kier alpha value is -5.86. The SMILES string of the molecule is C[C@@H]1CN(C(=O)N[C@@H](C(=O)N2CCOC[C@H]2C(=O)Nc2ccc(C#Cc3cn(CCC#N)nc3-c3cc(Cl)ccc3O)cc2)c2ccccc2)C[C@H](C)O1. The van der Waals surface area contributed by atoms with Crippen molar-refractivity contribution >= 4 is 35.1 Å². The van der Waals surface area contributed by atoms with Crippen LogP contribution in [0.1, 0.15) is 43.0 Å². The maximum absolute atomic E-state index is 14.2. The molecule has 3 aromatic carbocycles. The van der Waals surface area contributed by atoms with Crippen molar-refractivity contribution in [1.29, 1.82) is 5.26 Å². The second kappa shape index (κ2) is 17.3. The van der Waals surface area contributed by atoms with Crippen LogP contribution >= 0.6 is 11.6 Å². The van der Waals surface area contributed by atoms with Gasteiger partial charge in [0, 0.05) is 47.7 Å². The van der Waals surface area contributed by atoms with Gasteiger partial charge in [0.1, 0.15) is 23.5 Å². The summed E-state index contributed by atoms with van der Waals surface area (Å²) in [4.78, 5) is 44.5. The first-order chi connectivity index (χ1) is 26.1. The number of phenolic OH excluding ortho intramolecular Hbond substituents is 1. The number of carbonyl (C=O) groups is 3. The summed E-state index contributed by atoms with van der Waals surface area (Å²) in [5.74, 6) is 5.34. The van der Waals surface area contributed by atoms with Gasteiger partial charge in [0.15, 0.2) is 0 Å². The average molecular weight is 750 g/mol. The Labute approximate surface area is 318 Å². The minimum Gasteiger partial charge on any atom is -0.507 e. The van der Waals surface area contributed by atoms with Crippen LogP contribution in [0.2, 0.25) is 5.02 Å². The third-order valence-electron chi connectivity index (χ3n) is 8.99. The molecule has 13 nitrogen and oxygen atoms in total. The molecule has 2 saturated heterocycles. The number of rotatable bonds is 8. The molecule has 4 amide bonds. The van der Waals surface area contributed by atoms with Crippen molar-refractivity contribution in [2.45, 2.75) is 51.1 Å². The summed E-state index contributed by atoms with van der Waals surface area (Å²) in [6.45, 7) is 5.33. The lowest BCUT2D eigenvalue weighted by molar-refractivity contribution is -0.148. The van der Waals surface area contributed by atoms with Crippen molar-refractivity contribution in [3.63, 3.8) is 0 Å². The van der Waals surface area contributed by atoms with Crippen LogP contribution in [-0.2, 0) is 25.6 Å². The molecule has 0 radical (unpaired) electrons. The standard InChI is InChI=1S/C40H40ClN7O6/c1-26-22-46(23-27(2)54-26)40(52)44-37(29-7-4-3-5-8-29)39(51)48-19-20-53-25-34(48)38(50)43-32-14-10-28(11-15-32)9-12-30-24-47(18-6-17-42)45-36(30)33-21-31(41)13-16-35(33)49/h3-5,7-8,10-11,13-16,21,24,26-27,34,37,49H,6,18-20,22-23,25H2,1-2H3,(H,43,50)(H,44,52)/t26-,27+,34-,37+/m0/s1. The number of nitriles is 1. The van der Waals surface area contributed by atoms with Crippen LogP contribution in [0, 0.1) is 23.2 Å². The quantitative estimate of drug-likeness (QED) is 0.213. The van der Waals surface area contributed by atoms with E-state index >= 15 is 0 Å². The van der Waals surface area contributed by atoms with Gasteiger partial charge in [-0.1, -0.05) is 53.8 Å². The molecule has 1 aromatic heterocycles. The highest BCUT2D eigenvalue weighted by Crippen LogP contribution is 2.33. The van der Waals surface area contributed by atoms with Crippen molar-refractivity contribution in [3.05, 3.63) is 101 Å². The number of halogens is 1. The molecule has 0 aliphatic carbocycles. The van der Waals surface area contributed by atoms with Crippen LogP contribution in [0.15, 0.2) is 79.0 Å². The summed E-state index contributed by atoms with van der Waals surface area (Å²) >= 11 is 6.20. The van der Waals surface area contributed by atoms with E-state index in [4.69, 9.17) is 26.3 Å². The van der Waals surface area contributed by atoms with Crippen LogP contribution in [0.5, 0.6) is 5.75 Å². The zero-order chi connectivity index (χ0) is 38.2. The number of aryl methyl sites for hydroxylation is 1. The third kappa shape index (κ3) is 9.19. The number of ether oxygens (including phenoxy) is 2. The third-order valence-corrected chi connectivity index (χ3v) is 9.23. The maximum Gasteiger partial charge on any atom is 0.318 e. The molecule has 0 unspecified atom stereocenters. The fourth-order valence-electron chi connectivity index (χ4n) is 6.43. The van der Waals surface area contributed by atoms with E-state index in [0.717, 1.165) is 0 Å². The molecule has 0 saturated carbocycles. The van der Waals surface area contributed by atoms with Crippen molar-refractivity contribution in [1.82, 2.24) is 24.9 Å². The van der Waals surface area contributed by atoms with Gasteiger partial charge in [-0.2, -0.15) is 10.4 Å². The largest absolute Gasteiger partial charge is 0.507 e. The van der Waals surface area contributed by atoms with Gasteiger partial charge in [0.25, 0.3) is 5.91 Å². The molecule has 0 bridgehead atoms. The van der Waals surface area contributed by atoms with E-state index in [2.05, 4.69) is 33.6 Å². The van der Waals surface area contributed by atoms with Crippen molar-refractivity contribution in [3.8, 4) is 34.9 Å². The molecule has 3 heterocycles. The van der Waals surface area contributed by atoms with E-state index in [0.29, 0.717) is 58.3 Å². The topological polar surface area (TPSA) is 162 Å². The Bertz CT molecular complexity index is 2080. The second-order valence-corrected chi connectivity index (χ2v) is 13.6. The van der Waals surface area contributed by atoms with Crippen LogP contribution in [-0.4, -0.2) is 93.6 Å². The number of morpholine rings is 2. The first-order valence-electron chi connectivity index (χ1n) is 17.6. The Morgan fingerprint density at radius 1 is 1.04 bits per heavy atom. The number of anilines is 1. The second-order valence-electron chi connectivity index (χ2n) is 13.1. The highest BCUT2D eigenvalue weighted by atomic mass is 35.5. The molecule has 14 heteroatoms. The van der Waals surface area contributed by atoms with Gasteiger partial charge in [-0.15, -0.1) is 0 Å². The number of hydrogen-bond acceptors (Lipinski definition) is 8. The first kappa shape index (κ1) is 37.9. The lowest BCUT2D eigenvalue weighted by atomic mass is 10.0. The summed E-state index contributed by atoms with van der Waals surface area (Å²) in [6.07, 6.45) is 1.67. The Morgan fingerprint density at radius 3 is 2.50 bits per heavy atom. The number of aromatic nitrogens is 2. The van der Waals surface area contributed by atoms with Gasteiger partial charge < -0.3 is 35.0 Å². The fraction of sp³-hybridized carbons (Fsp3) is 0.325. The molecular formula is C40H40ClN7O6. The summed E-state index contributed by atoms with van der Waals surface area (Å²) in [6, 6.07) is 20.3. The molecule has 0 spiro atoms. The summed E-state index contributed by atoms with van der Waals surface area (Å²) in [5, 5.41) is 30.3. The number of phenols is 1. The maximum atomic E-state index is 14.2. The molecule has 2 aliphatic rings. The van der Waals surface area contributed by atoms with E-state index in [-0.39, 0.29) is 50.2 Å². The number of nitrogens with one attached hydrogen (secondary N) is 2. The van der Waals surface area contributed by atoms with Crippen LogP contribution in [0.25, 0.3) is 11.3 Å². The van der Waals surface area contributed by atoms with Gasteiger partial charge in [-0.05, 0) is 61.9 Å². The fourth-order valence-corrected chi connectivity index (χ4v) is 6.60. The predicted octanol–water partition coefficient (Wildman–Crippen LogP) is 4.95. The summed E-state index contributed by atoms with van der Waals surface area (Å²) in [7, 11) is 0. The molecular weight excluding hydrogens is 710 g/mol. The number of urea groups is 1. The minimum atomic E-state index is -1.03. The molecule has 4 atom stereocenters. The van der Waals surface area contributed by atoms with E-state index in [1.807, 2.05) is 19.9 Å². The zero-order valence-corrected chi connectivity index (χ0v) is 30.6. The number of carbonyl (C=O) groups excluding carboxylic acids is 3. The number of hydrogen-bond donors (Lipinski definition) is 3. The predicted molar refractivity (Wildman–Crippen MR) is 201 cm³/mol. The monoisotopic (exact) mass is 749 g/mol. The van der Waals surface area contributed by atoms with Gasteiger partial charge in [0.2, 0.25) is 5.91 Å². The molecule has 2 fully saturated rings. The Kier molecular flexibility index (Phi) is 12.1. The normalized spacial score (nSPS) is 18.8. The summed E-state index contributed by atoms with van der Waals surface area (Å²) < 4.78 is 13.0.